The van der Waals surface area contributed by atoms with Gasteiger partial charge in [-0.1, -0.05) is 194 Å². The lowest BCUT2D eigenvalue weighted by atomic mass is 9.87. The third-order valence-corrected chi connectivity index (χ3v) is 13.3. The highest BCUT2D eigenvalue weighted by molar-refractivity contribution is 6.26. The fourth-order valence-electron chi connectivity index (χ4n) is 10.3. The Hall–Kier alpha value is -8.06. The van der Waals surface area contributed by atoms with Crippen molar-refractivity contribution in [2.75, 3.05) is 0 Å². The molecule has 286 valence electrons. The summed E-state index contributed by atoms with van der Waals surface area (Å²) in [5.41, 5.74) is 14.6. The Kier molecular flexibility index (Phi) is 7.71. The molecule has 0 aliphatic carbocycles. The maximum Gasteiger partial charge on any atom is -0.00206 e. The largest absolute Gasteiger partial charge is 0.0622 e. The van der Waals surface area contributed by atoms with Gasteiger partial charge in [-0.05, 0) is 168 Å². The van der Waals surface area contributed by atoms with Crippen LogP contribution in [0, 0.1) is 0 Å². The van der Waals surface area contributed by atoms with Crippen LogP contribution >= 0.6 is 0 Å². The van der Waals surface area contributed by atoms with Crippen LogP contribution in [0.25, 0.3) is 131 Å². The normalized spacial score (nSPS) is 11.9. The second-order valence-electron chi connectivity index (χ2n) is 16.8. The van der Waals surface area contributed by atoms with Gasteiger partial charge in [0.05, 0.1) is 0 Å². The van der Waals surface area contributed by atoms with Gasteiger partial charge in [0.2, 0.25) is 0 Å². The van der Waals surface area contributed by atoms with Gasteiger partial charge in [-0.2, -0.15) is 0 Å². The number of rotatable bonds is 6. The van der Waals surface area contributed by atoms with E-state index >= 15 is 0 Å². The summed E-state index contributed by atoms with van der Waals surface area (Å²) in [7, 11) is 0. The van der Waals surface area contributed by atoms with Crippen molar-refractivity contribution in [2.45, 2.75) is 0 Å². The SMILES string of the molecule is c1ccc(-c2cc(-c3ccc(-c4cc(-c5ccccc5)cc(-c5ccc6ccc7cccc8ccc5c6c78)c4)cc3)cc(-c3ccc4ccc5cccc6ccc3c4c56)c2)cc1. The fourth-order valence-corrected chi connectivity index (χ4v) is 10.3. The molecule has 0 nitrogen and oxygen atoms in total. The first kappa shape index (κ1) is 34.8. The predicted octanol–water partition coefficient (Wildman–Crippen LogP) is 17.5. The Labute approximate surface area is 360 Å². The van der Waals surface area contributed by atoms with Crippen LogP contribution in [-0.2, 0) is 0 Å². The van der Waals surface area contributed by atoms with Crippen molar-refractivity contribution in [1.29, 1.82) is 0 Å². The smallest absolute Gasteiger partial charge is 0.00206 e. The molecular weight excluding hydrogens is 745 g/mol. The van der Waals surface area contributed by atoms with E-state index in [1.165, 1.54) is 131 Å². The first-order valence-corrected chi connectivity index (χ1v) is 21.6. The van der Waals surface area contributed by atoms with Crippen molar-refractivity contribution >= 4 is 64.6 Å². The molecule has 0 bridgehead atoms. The van der Waals surface area contributed by atoms with Gasteiger partial charge in [-0.15, -0.1) is 0 Å². The average Bonchev–Trinajstić information content (AvgIpc) is 3.35. The van der Waals surface area contributed by atoms with Crippen LogP contribution in [0.1, 0.15) is 0 Å². The lowest BCUT2D eigenvalue weighted by Gasteiger charge is -2.17. The summed E-state index contributed by atoms with van der Waals surface area (Å²) >= 11 is 0. The zero-order valence-electron chi connectivity index (χ0n) is 33.9. The van der Waals surface area contributed by atoms with Crippen LogP contribution in [0.4, 0.5) is 0 Å². The van der Waals surface area contributed by atoms with E-state index in [-0.39, 0.29) is 0 Å². The maximum atomic E-state index is 2.38. The summed E-state index contributed by atoms with van der Waals surface area (Å²) in [5.74, 6) is 0. The Balaban J connectivity index is 0.956. The van der Waals surface area contributed by atoms with Crippen molar-refractivity contribution < 1.29 is 0 Å². The molecule has 62 heavy (non-hydrogen) atoms. The van der Waals surface area contributed by atoms with E-state index in [0.717, 1.165) is 0 Å². The Bertz CT molecular complexity index is 3530. The third kappa shape index (κ3) is 5.54. The molecule has 0 aliphatic rings. The third-order valence-electron chi connectivity index (χ3n) is 13.3. The van der Waals surface area contributed by atoms with Gasteiger partial charge in [0, 0.05) is 0 Å². The van der Waals surface area contributed by atoms with Crippen molar-refractivity contribution in [3.63, 3.8) is 0 Å². The minimum Gasteiger partial charge on any atom is -0.0622 e. The van der Waals surface area contributed by atoms with Gasteiger partial charge in [0.1, 0.15) is 0 Å². The highest BCUT2D eigenvalue weighted by Crippen LogP contribution is 2.44. The molecule has 13 rings (SSSR count). The molecule has 0 aromatic heterocycles. The first-order chi connectivity index (χ1) is 30.7. The molecule has 0 spiro atoms. The number of hydrogen-bond acceptors (Lipinski definition) is 0. The zero-order valence-corrected chi connectivity index (χ0v) is 33.9. The van der Waals surface area contributed by atoms with Crippen LogP contribution < -0.4 is 0 Å². The summed E-state index contributed by atoms with van der Waals surface area (Å²) < 4.78 is 0. The second-order valence-corrected chi connectivity index (χ2v) is 16.8. The van der Waals surface area contributed by atoms with Crippen LogP contribution in [0.3, 0.4) is 0 Å². The van der Waals surface area contributed by atoms with E-state index in [4.69, 9.17) is 0 Å². The lowest BCUT2D eigenvalue weighted by Crippen LogP contribution is -1.90. The molecule has 0 radical (unpaired) electrons. The van der Waals surface area contributed by atoms with Crippen molar-refractivity contribution in [2.24, 2.45) is 0 Å². The fraction of sp³-hybridized carbons (Fsp3) is 0. The Morgan fingerprint density at radius 2 is 0.452 bits per heavy atom. The van der Waals surface area contributed by atoms with Gasteiger partial charge in [-0.3, -0.25) is 0 Å². The second kappa shape index (κ2) is 13.7. The molecule has 13 aromatic carbocycles. The molecule has 0 unspecified atom stereocenters. The summed E-state index contributed by atoms with van der Waals surface area (Å²) in [5, 5.41) is 15.7. The van der Waals surface area contributed by atoms with E-state index in [9.17, 15) is 0 Å². The van der Waals surface area contributed by atoms with Crippen molar-refractivity contribution in [3.8, 4) is 66.8 Å². The molecule has 0 amide bonds. The van der Waals surface area contributed by atoms with Gasteiger partial charge < -0.3 is 0 Å². The van der Waals surface area contributed by atoms with E-state index < -0.39 is 0 Å². The monoisotopic (exact) mass is 782 g/mol. The van der Waals surface area contributed by atoms with Crippen LogP contribution in [0.2, 0.25) is 0 Å². The van der Waals surface area contributed by atoms with E-state index in [1.54, 1.807) is 0 Å². The molecular formula is C62H38. The predicted molar refractivity (Wildman–Crippen MR) is 266 cm³/mol. The minimum absolute atomic E-state index is 1.19. The first-order valence-electron chi connectivity index (χ1n) is 21.6. The van der Waals surface area contributed by atoms with Crippen molar-refractivity contribution in [1.82, 2.24) is 0 Å². The van der Waals surface area contributed by atoms with E-state index in [2.05, 4.69) is 231 Å². The summed E-state index contributed by atoms with van der Waals surface area (Å²) in [6.07, 6.45) is 0. The van der Waals surface area contributed by atoms with Gasteiger partial charge in [0.15, 0.2) is 0 Å². The average molecular weight is 783 g/mol. The van der Waals surface area contributed by atoms with Gasteiger partial charge in [-0.25, -0.2) is 0 Å². The molecule has 0 fully saturated rings. The molecule has 0 heterocycles. The summed E-state index contributed by atoms with van der Waals surface area (Å²) in [6, 6.07) is 85.8. The Morgan fingerprint density at radius 3 is 0.823 bits per heavy atom. The summed E-state index contributed by atoms with van der Waals surface area (Å²) in [4.78, 5) is 0. The molecule has 0 heteroatoms. The number of benzene rings is 13. The zero-order chi connectivity index (χ0) is 40.7. The van der Waals surface area contributed by atoms with Crippen LogP contribution in [0.5, 0.6) is 0 Å². The number of hydrogen-bond donors (Lipinski definition) is 0. The molecule has 0 atom stereocenters. The minimum atomic E-state index is 1.19. The molecule has 0 saturated carbocycles. The van der Waals surface area contributed by atoms with E-state index in [1.807, 2.05) is 0 Å². The standard InChI is InChI=1S/C62H38/c1-3-9-39(10-4-1)49-33-51(37-53(35-49)55-29-25-47-23-21-43-13-7-15-45-27-31-57(55)61(47)59(43)45)41-17-19-42(20-18-41)52-34-50(40-11-5-2-6-12-40)36-54(38-52)56-30-26-48-24-22-44-14-8-16-46-28-32-58(56)62(48)60(44)46/h1-38H. The van der Waals surface area contributed by atoms with Crippen LogP contribution in [-0.4, -0.2) is 0 Å². The molecule has 0 N–H and O–H groups in total. The quantitative estimate of drug-likeness (QED) is 0.147. The maximum absolute atomic E-state index is 2.38. The van der Waals surface area contributed by atoms with E-state index in [0.29, 0.717) is 0 Å². The van der Waals surface area contributed by atoms with Gasteiger partial charge in [0.25, 0.3) is 0 Å². The Morgan fingerprint density at radius 1 is 0.161 bits per heavy atom. The van der Waals surface area contributed by atoms with Gasteiger partial charge >= 0.3 is 0 Å². The van der Waals surface area contributed by atoms with Crippen molar-refractivity contribution in [3.05, 3.63) is 231 Å². The molecule has 13 aromatic rings. The lowest BCUT2D eigenvalue weighted by molar-refractivity contribution is 1.56. The highest BCUT2D eigenvalue weighted by atomic mass is 14.2. The summed E-state index contributed by atoms with van der Waals surface area (Å²) in [6.45, 7) is 0. The highest BCUT2D eigenvalue weighted by Gasteiger charge is 2.17. The molecule has 0 aliphatic heterocycles. The topological polar surface area (TPSA) is 0 Å². The molecule has 0 saturated heterocycles. The van der Waals surface area contributed by atoms with Crippen LogP contribution in [0.15, 0.2) is 231 Å².